The maximum Gasteiger partial charge on any atom is 0.315 e. The Morgan fingerprint density at radius 3 is 2.79 bits per heavy atom. The van der Waals surface area contributed by atoms with Gasteiger partial charge in [-0.25, -0.2) is 9.18 Å². The van der Waals surface area contributed by atoms with Crippen LogP contribution in [0.25, 0.3) is 0 Å². The maximum absolute atomic E-state index is 13.3. The molecule has 5 nitrogen and oxygen atoms in total. The molecule has 2 amide bonds. The lowest BCUT2D eigenvalue weighted by Crippen LogP contribution is -2.37. The van der Waals surface area contributed by atoms with Crippen molar-refractivity contribution >= 4 is 17.6 Å². The van der Waals surface area contributed by atoms with Crippen LogP contribution in [0.4, 0.5) is 9.18 Å². The highest BCUT2D eigenvalue weighted by atomic mass is 35.5. The predicted octanol–water partition coefficient (Wildman–Crippen LogP) is 2.88. The second-order valence-electron chi connectivity index (χ2n) is 5.07. The molecule has 0 aromatic heterocycles. The van der Waals surface area contributed by atoms with Crippen LogP contribution in [0.1, 0.15) is 22.8 Å². The molecule has 0 radical (unpaired) electrons. The van der Waals surface area contributed by atoms with Gasteiger partial charge in [0.25, 0.3) is 0 Å². The Hall–Kier alpha value is -2.62. The number of halogens is 2. The van der Waals surface area contributed by atoms with Gasteiger partial charge < -0.3 is 15.7 Å². The molecule has 124 valence electrons. The summed E-state index contributed by atoms with van der Waals surface area (Å²) in [6, 6.07) is 12.4. The van der Waals surface area contributed by atoms with Gasteiger partial charge in [-0.05, 0) is 35.4 Å². The van der Waals surface area contributed by atoms with Crippen molar-refractivity contribution in [3.8, 4) is 6.07 Å². The van der Waals surface area contributed by atoms with E-state index in [1.54, 1.807) is 24.3 Å². The van der Waals surface area contributed by atoms with Gasteiger partial charge in [0, 0.05) is 13.1 Å². The highest BCUT2D eigenvalue weighted by molar-refractivity contribution is 6.30. The Bertz CT molecular complexity index is 777. The summed E-state index contributed by atoms with van der Waals surface area (Å²) >= 11 is 5.58. The van der Waals surface area contributed by atoms with Gasteiger partial charge >= 0.3 is 6.03 Å². The first kappa shape index (κ1) is 17.7. The van der Waals surface area contributed by atoms with E-state index >= 15 is 0 Å². The third kappa shape index (κ3) is 4.95. The van der Waals surface area contributed by atoms with E-state index in [-0.39, 0.29) is 18.1 Å². The van der Waals surface area contributed by atoms with E-state index in [2.05, 4.69) is 10.6 Å². The molecule has 0 fully saturated rings. The summed E-state index contributed by atoms with van der Waals surface area (Å²) in [5.74, 6) is -0.630. The number of aliphatic hydroxyl groups is 1. The van der Waals surface area contributed by atoms with Crippen LogP contribution in [0.2, 0.25) is 5.02 Å². The molecule has 2 aromatic carbocycles. The summed E-state index contributed by atoms with van der Waals surface area (Å²) < 4.78 is 13.3. The van der Waals surface area contributed by atoms with Gasteiger partial charge in [0.1, 0.15) is 5.82 Å². The van der Waals surface area contributed by atoms with Gasteiger partial charge in [-0.3, -0.25) is 0 Å². The van der Waals surface area contributed by atoms with Gasteiger partial charge in [-0.1, -0.05) is 29.8 Å². The van der Waals surface area contributed by atoms with Crippen molar-refractivity contribution in [2.75, 3.05) is 6.54 Å². The number of hydrogen-bond acceptors (Lipinski definition) is 3. The lowest BCUT2D eigenvalue weighted by Gasteiger charge is -2.13. The van der Waals surface area contributed by atoms with Gasteiger partial charge in [0.2, 0.25) is 0 Å². The first-order chi connectivity index (χ1) is 11.5. The lowest BCUT2D eigenvalue weighted by molar-refractivity contribution is 0.172. The SMILES string of the molecule is N#Cc1cccc(CNC(=O)NCC(O)c2ccc(Cl)c(F)c2)c1. The standard InChI is InChI=1S/C17H15ClFN3O2/c18-14-5-4-13(7-15(14)19)16(23)10-22-17(24)21-9-12-3-1-2-11(6-12)8-20/h1-7,16,23H,9-10H2,(H2,21,22,24). The van der Waals surface area contributed by atoms with Crippen molar-refractivity contribution in [1.82, 2.24) is 10.6 Å². The number of amides is 2. The first-order valence-corrected chi connectivity index (χ1v) is 7.51. The van der Waals surface area contributed by atoms with Crippen LogP contribution in [0.15, 0.2) is 42.5 Å². The van der Waals surface area contributed by atoms with E-state index < -0.39 is 18.0 Å². The maximum atomic E-state index is 13.3. The Morgan fingerprint density at radius 2 is 2.08 bits per heavy atom. The number of hydrogen-bond donors (Lipinski definition) is 3. The molecule has 7 heteroatoms. The summed E-state index contributed by atoms with van der Waals surface area (Å²) in [7, 11) is 0. The fourth-order valence-corrected chi connectivity index (χ4v) is 2.14. The third-order valence-corrected chi connectivity index (χ3v) is 3.60. The summed E-state index contributed by atoms with van der Waals surface area (Å²) in [6.07, 6.45) is -1.05. The van der Waals surface area contributed by atoms with Crippen LogP contribution in [-0.2, 0) is 6.54 Å². The van der Waals surface area contributed by atoms with Crippen molar-refractivity contribution in [2.24, 2.45) is 0 Å². The molecule has 0 aliphatic carbocycles. The minimum absolute atomic E-state index is 0.0312. The number of carbonyl (C=O) groups is 1. The van der Waals surface area contributed by atoms with E-state index in [9.17, 15) is 14.3 Å². The molecule has 1 atom stereocenters. The van der Waals surface area contributed by atoms with Crippen molar-refractivity contribution in [3.05, 3.63) is 70.0 Å². The van der Waals surface area contributed by atoms with E-state index in [0.717, 1.165) is 11.6 Å². The molecule has 0 saturated heterocycles. The number of nitrogens with zero attached hydrogens (tertiary/aromatic N) is 1. The monoisotopic (exact) mass is 347 g/mol. The van der Waals surface area contributed by atoms with Gasteiger partial charge in [-0.15, -0.1) is 0 Å². The van der Waals surface area contributed by atoms with Gasteiger partial charge in [-0.2, -0.15) is 5.26 Å². The van der Waals surface area contributed by atoms with Gasteiger partial charge in [0.05, 0.1) is 22.8 Å². The summed E-state index contributed by atoms with van der Waals surface area (Å²) in [4.78, 5) is 11.7. The molecule has 2 rings (SSSR count). The molecule has 1 unspecified atom stereocenters. The normalized spacial score (nSPS) is 11.4. The zero-order chi connectivity index (χ0) is 17.5. The molecule has 0 saturated carbocycles. The molecule has 0 aliphatic heterocycles. The van der Waals surface area contributed by atoms with Crippen molar-refractivity contribution in [1.29, 1.82) is 5.26 Å². The smallest absolute Gasteiger partial charge is 0.315 e. The van der Waals surface area contributed by atoms with Crippen LogP contribution in [-0.4, -0.2) is 17.7 Å². The molecule has 0 bridgehead atoms. The zero-order valence-corrected chi connectivity index (χ0v) is 13.3. The molecule has 0 aliphatic rings. The Morgan fingerprint density at radius 1 is 1.29 bits per heavy atom. The minimum atomic E-state index is -1.05. The quantitative estimate of drug-likeness (QED) is 0.777. The highest BCUT2D eigenvalue weighted by Crippen LogP contribution is 2.19. The van der Waals surface area contributed by atoms with Crippen LogP contribution in [0.3, 0.4) is 0 Å². The Balaban J connectivity index is 1.82. The summed E-state index contributed by atoms with van der Waals surface area (Å²) in [6.45, 7) is 0.165. The summed E-state index contributed by atoms with van der Waals surface area (Å²) in [5.41, 5.74) is 1.61. The van der Waals surface area contributed by atoms with E-state index in [0.29, 0.717) is 11.1 Å². The fourth-order valence-electron chi connectivity index (χ4n) is 2.02. The number of carbonyl (C=O) groups excluding carboxylic acids is 1. The Kier molecular flexibility index (Phi) is 6.13. The number of rotatable bonds is 5. The molecule has 24 heavy (non-hydrogen) atoms. The average Bonchev–Trinajstić information content (AvgIpc) is 2.60. The van der Waals surface area contributed by atoms with Crippen LogP contribution in [0.5, 0.6) is 0 Å². The summed E-state index contributed by atoms with van der Waals surface area (Å²) in [5, 5.41) is 23.8. The molecular formula is C17H15ClFN3O2. The molecule has 0 spiro atoms. The number of benzene rings is 2. The number of nitrogens with one attached hydrogen (secondary N) is 2. The first-order valence-electron chi connectivity index (χ1n) is 7.13. The van der Waals surface area contributed by atoms with E-state index in [4.69, 9.17) is 16.9 Å². The molecule has 0 heterocycles. The molecule has 2 aromatic rings. The highest BCUT2D eigenvalue weighted by Gasteiger charge is 2.11. The minimum Gasteiger partial charge on any atom is -0.387 e. The van der Waals surface area contributed by atoms with Crippen molar-refractivity contribution in [2.45, 2.75) is 12.6 Å². The third-order valence-electron chi connectivity index (χ3n) is 3.29. The second kappa shape index (κ2) is 8.29. The topological polar surface area (TPSA) is 85.2 Å². The Labute approximate surface area is 143 Å². The predicted molar refractivity (Wildman–Crippen MR) is 87.8 cm³/mol. The van der Waals surface area contributed by atoms with Crippen LogP contribution < -0.4 is 10.6 Å². The van der Waals surface area contributed by atoms with E-state index in [1.165, 1.54) is 12.1 Å². The largest absolute Gasteiger partial charge is 0.387 e. The van der Waals surface area contributed by atoms with Crippen LogP contribution in [0, 0.1) is 17.1 Å². The number of nitriles is 1. The molecule has 3 N–H and O–H groups in total. The second-order valence-corrected chi connectivity index (χ2v) is 5.47. The van der Waals surface area contributed by atoms with Crippen molar-refractivity contribution in [3.63, 3.8) is 0 Å². The van der Waals surface area contributed by atoms with Crippen molar-refractivity contribution < 1.29 is 14.3 Å². The van der Waals surface area contributed by atoms with Gasteiger partial charge in [0.15, 0.2) is 0 Å². The number of aliphatic hydroxyl groups excluding tert-OH is 1. The fraction of sp³-hybridized carbons (Fsp3) is 0.176. The lowest BCUT2D eigenvalue weighted by atomic mass is 10.1. The van der Waals surface area contributed by atoms with E-state index in [1.807, 2.05) is 6.07 Å². The molecular weight excluding hydrogens is 333 g/mol. The average molecular weight is 348 g/mol. The number of urea groups is 1. The van der Waals surface area contributed by atoms with Crippen LogP contribution >= 0.6 is 11.6 Å². The zero-order valence-electron chi connectivity index (χ0n) is 12.6.